The predicted molar refractivity (Wildman–Crippen MR) is 131 cm³/mol. The topological polar surface area (TPSA) is 165 Å². The lowest BCUT2D eigenvalue weighted by Gasteiger charge is -2.67. The number of carbonyl (C=O) groups excluding carboxylic acids is 2. The number of cyclic esters (lactones) is 1. The van der Waals surface area contributed by atoms with Gasteiger partial charge >= 0.3 is 5.97 Å². The number of aliphatic hydroxyl groups is 6. The van der Waals surface area contributed by atoms with Crippen molar-refractivity contribution in [2.24, 2.45) is 22.7 Å². The van der Waals surface area contributed by atoms with Gasteiger partial charge in [0.05, 0.1) is 17.1 Å². The molecule has 0 spiro atoms. The Morgan fingerprint density at radius 1 is 1.03 bits per heavy atom. The molecule has 1 aliphatic heterocycles. The lowest BCUT2D eigenvalue weighted by molar-refractivity contribution is -0.308. The molecule has 6 N–H and O–H groups in total. The summed E-state index contributed by atoms with van der Waals surface area (Å²) in [5.41, 5.74) is -9.08. The van der Waals surface area contributed by atoms with Crippen LogP contribution in [0.15, 0.2) is 23.3 Å². The minimum absolute atomic E-state index is 0.0135. The molecule has 0 aromatic rings. The molecule has 4 aliphatic carbocycles. The molecule has 11 atom stereocenters. The Labute approximate surface area is 216 Å². The van der Waals surface area contributed by atoms with E-state index in [1.807, 2.05) is 0 Å². The Hall–Kier alpha value is -1.62. The normalized spacial score (nSPS) is 53.2. The molecule has 3 saturated carbocycles. The Bertz CT molecular complexity index is 1110. The number of ether oxygens (including phenoxy) is 1. The molecule has 0 radical (unpaired) electrons. The number of aliphatic hydroxyl groups excluding tert-OH is 2. The largest absolute Gasteiger partial charge is 0.455 e. The van der Waals surface area contributed by atoms with Gasteiger partial charge in [0.25, 0.3) is 0 Å². The lowest BCUT2D eigenvalue weighted by atomic mass is 9.40. The second-order valence-electron chi connectivity index (χ2n) is 13.0. The highest BCUT2D eigenvalue weighted by molar-refractivity contribution is 5.97. The molecule has 9 nitrogen and oxygen atoms in total. The zero-order chi connectivity index (χ0) is 27.6. The SMILES string of the molecule is CC1=C(C)C(=O)O[C@H]([C@](C)(O)[C@]2(O)CC[C@@]3(O)[C@@H]4C[C@H](O)[C@@]5(O)[C@@H](O)C=CC(=O)[C@]5(C)[C@H]4CC[C@]23C)C1. The maximum atomic E-state index is 13.3. The molecule has 0 saturated heterocycles. The summed E-state index contributed by atoms with van der Waals surface area (Å²) in [7, 11) is 0. The molecule has 9 heteroatoms. The summed E-state index contributed by atoms with van der Waals surface area (Å²) >= 11 is 0. The van der Waals surface area contributed by atoms with Crippen LogP contribution in [0.4, 0.5) is 0 Å². The van der Waals surface area contributed by atoms with E-state index in [1.165, 1.54) is 19.1 Å². The van der Waals surface area contributed by atoms with Crippen molar-refractivity contribution in [2.45, 2.75) is 114 Å². The number of allylic oxidation sites excluding steroid dienone is 1. The number of ketones is 1. The Kier molecular flexibility index (Phi) is 5.64. The van der Waals surface area contributed by atoms with Crippen LogP contribution >= 0.6 is 0 Å². The Morgan fingerprint density at radius 3 is 2.30 bits per heavy atom. The molecule has 3 fully saturated rings. The van der Waals surface area contributed by atoms with Gasteiger partial charge < -0.3 is 35.4 Å². The van der Waals surface area contributed by atoms with Crippen molar-refractivity contribution in [1.29, 1.82) is 0 Å². The van der Waals surface area contributed by atoms with Gasteiger partial charge in [-0.1, -0.05) is 12.5 Å². The van der Waals surface area contributed by atoms with Crippen LogP contribution in [-0.2, 0) is 14.3 Å². The van der Waals surface area contributed by atoms with Crippen molar-refractivity contribution in [3.05, 3.63) is 23.3 Å². The fraction of sp³-hybridized carbons (Fsp3) is 0.786. The fourth-order valence-electron chi connectivity index (χ4n) is 9.03. The van der Waals surface area contributed by atoms with Crippen molar-refractivity contribution >= 4 is 11.8 Å². The van der Waals surface area contributed by atoms with Crippen LogP contribution in [0.2, 0.25) is 0 Å². The van der Waals surface area contributed by atoms with Crippen LogP contribution in [0.25, 0.3) is 0 Å². The van der Waals surface area contributed by atoms with E-state index in [9.17, 15) is 40.2 Å². The maximum Gasteiger partial charge on any atom is 0.334 e. The van der Waals surface area contributed by atoms with Gasteiger partial charge in [-0.3, -0.25) is 4.79 Å². The highest BCUT2D eigenvalue weighted by Gasteiger charge is 2.79. The monoisotopic (exact) mass is 520 g/mol. The summed E-state index contributed by atoms with van der Waals surface area (Å²) in [4.78, 5) is 25.7. The molecule has 0 amide bonds. The average Bonchev–Trinajstić information content (AvgIpc) is 3.06. The van der Waals surface area contributed by atoms with E-state index < -0.39 is 75.1 Å². The van der Waals surface area contributed by atoms with Gasteiger partial charge in [0, 0.05) is 17.4 Å². The predicted octanol–water partition coefficient (Wildman–Crippen LogP) is 0.680. The van der Waals surface area contributed by atoms with E-state index in [0.717, 1.165) is 5.57 Å². The summed E-state index contributed by atoms with van der Waals surface area (Å²) in [6.45, 7) is 8.16. The third kappa shape index (κ3) is 2.85. The van der Waals surface area contributed by atoms with Crippen LogP contribution in [0.5, 0.6) is 0 Å². The Morgan fingerprint density at radius 2 is 1.68 bits per heavy atom. The molecule has 37 heavy (non-hydrogen) atoms. The first kappa shape index (κ1) is 27.0. The van der Waals surface area contributed by atoms with Gasteiger partial charge in [-0.25, -0.2) is 4.79 Å². The molecule has 0 aromatic heterocycles. The molecule has 0 bridgehead atoms. The number of fused-ring (bicyclic) bond motifs is 5. The van der Waals surface area contributed by atoms with Crippen molar-refractivity contribution in [3.63, 3.8) is 0 Å². The Balaban J connectivity index is 1.56. The number of esters is 1. The van der Waals surface area contributed by atoms with Crippen molar-refractivity contribution < 1.29 is 45.0 Å². The zero-order valence-corrected chi connectivity index (χ0v) is 22.2. The van der Waals surface area contributed by atoms with E-state index >= 15 is 0 Å². The van der Waals surface area contributed by atoms with Crippen LogP contribution in [0.3, 0.4) is 0 Å². The lowest BCUT2D eigenvalue weighted by Crippen LogP contribution is -2.77. The maximum absolute atomic E-state index is 13.3. The fourth-order valence-corrected chi connectivity index (χ4v) is 9.03. The molecule has 1 heterocycles. The van der Waals surface area contributed by atoms with Crippen LogP contribution in [0.1, 0.15) is 73.1 Å². The summed E-state index contributed by atoms with van der Waals surface area (Å²) in [5.74, 6) is -2.26. The summed E-state index contributed by atoms with van der Waals surface area (Å²) in [5, 5.41) is 70.0. The van der Waals surface area contributed by atoms with E-state index in [0.29, 0.717) is 12.0 Å². The van der Waals surface area contributed by atoms with Crippen molar-refractivity contribution in [1.82, 2.24) is 0 Å². The van der Waals surface area contributed by atoms with E-state index in [4.69, 9.17) is 4.74 Å². The van der Waals surface area contributed by atoms with Gasteiger partial charge in [0.1, 0.15) is 29.0 Å². The highest BCUT2D eigenvalue weighted by Crippen LogP contribution is 2.71. The zero-order valence-electron chi connectivity index (χ0n) is 22.2. The molecule has 5 rings (SSSR count). The van der Waals surface area contributed by atoms with Gasteiger partial charge in [-0.05, 0) is 83.8 Å². The second kappa shape index (κ2) is 7.73. The van der Waals surface area contributed by atoms with E-state index in [-0.39, 0.29) is 32.1 Å². The summed E-state index contributed by atoms with van der Waals surface area (Å²) in [6, 6.07) is 0. The summed E-state index contributed by atoms with van der Waals surface area (Å²) in [6.07, 6.45) is -0.766. The molecule has 5 aliphatic rings. The van der Waals surface area contributed by atoms with Crippen molar-refractivity contribution in [2.75, 3.05) is 0 Å². The second-order valence-corrected chi connectivity index (χ2v) is 13.0. The first-order valence-electron chi connectivity index (χ1n) is 13.3. The smallest absolute Gasteiger partial charge is 0.334 e. The van der Waals surface area contributed by atoms with E-state index in [2.05, 4.69) is 0 Å². The molecular formula is C28H40O9. The molecule has 206 valence electrons. The molecule has 0 unspecified atom stereocenters. The number of hydrogen-bond donors (Lipinski definition) is 6. The minimum Gasteiger partial charge on any atom is -0.455 e. The van der Waals surface area contributed by atoms with Gasteiger partial charge in [0.2, 0.25) is 0 Å². The highest BCUT2D eigenvalue weighted by atomic mass is 16.6. The standard InChI is InChI=1S/C28H40O9/c1-14-12-21(37-22(32)15(14)2)25(5,33)27(35)11-10-26(34)17-13-20(31)28(36)19(30)7-6-18(29)24(28,4)16(17)8-9-23(26,27)3/h6-7,16-17,19-21,30-31,33-36H,8-13H2,1-5H3/t16-,17+,19-,20-,21-,23-,24-,25-,26+,27-,28-/m0/s1. The summed E-state index contributed by atoms with van der Waals surface area (Å²) < 4.78 is 5.58. The van der Waals surface area contributed by atoms with Gasteiger partial charge in [-0.15, -0.1) is 0 Å². The van der Waals surface area contributed by atoms with Crippen LogP contribution in [-0.4, -0.2) is 83.1 Å². The average molecular weight is 521 g/mol. The van der Waals surface area contributed by atoms with Crippen LogP contribution < -0.4 is 0 Å². The third-order valence-electron chi connectivity index (χ3n) is 11.9. The van der Waals surface area contributed by atoms with E-state index in [1.54, 1.807) is 27.7 Å². The third-order valence-corrected chi connectivity index (χ3v) is 11.9. The van der Waals surface area contributed by atoms with Crippen molar-refractivity contribution in [3.8, 4) is 0 Å². The number of hydrogen-bond acceptors (Lipinski definition) is 9. The first-order valence-corrected chi connectivity index (χ1v) is 13.3. The first-order chi connectivity index (χ1) is 16.9. The van der Waals surface area contributed by atoms with Crippen LogP contribution in [0, 0.1) is 22.7 Å². The number of rotatable bonds is 2. The quantitative estimate of drug-likeness (QED) is 0.287. The van der Waals surface area contributed by atoms with Gasteiger partial charge in [0.15, 0.2) is 5.78 Å². The minimum atomic E-state index is -2.11. The number of carbonyl (C=O) groups is 2. The molecule has 0 aromatic carbocycles. The molecular weight excluding hydrogens is 480 g/mol. The van der Waals surface area contributed by atoms with Gasteiger partial charge in [-0.2, -0.15) is 0 Å².